The highest BCUT2D eigenvalue weighted by molar-refractivity contribution is 6.33. The van der Waals surface area contributed by atoms with Crippen LogP contribution in [0.1, 0.15) is 17.9 Å². The van der Waals surface area contributed by atoms with Crippen LogP contribution >= 0.6 is 11.6 Å². The summed E-state index contributed by atoms with van der Waals surface area (Å²) in [6.07, 6.45) is 2.08. The summed E-state index contributed by atoms with van der Waals surface area (Å²) in [5.41, 5.74) is 3.16. The minimum atomic E-state index is 0.507. The predicted molar refractivity (Wildman–Crippen MR) is 66.3 cm³/mol. The topological polar surface area (TPSA) is 51.0 Å². The van der Waals surface area contributed by atoms with Gasteiger partial charge < -0.3 is 9.73 Å². The fraction of sp³-hybridized carbons (Fsp3) is 0.333. The van der Waals surface area contributed by atoms with Crippen molar-refractivity contribution in [1.29, 1.82) is 0 Å². The fourth-order valence-corrected chi connectivity index (χ4v) is 2.42. The van der Waals surface area contributed by atoms with Gasteiger partial charge in [-0.05, 0) is 30.5 Å². The van der Waals surface area contributed by atoms with Crippen LogP contribution in [0.25, 0.3) is 11.5 Å². The van der Waals surface area contributed by atoms with Gasteiger partial charge in [0, 0.05) is 19.2 Å². The third kappa shape index (κ3) is 1.78. The average Bonchev–Trinajstić information content (AvgIpc) is 2.75. The van der Waals surface area contributed by atoms with Crippen LogP contribution in [-0.4, -0.2) is 16.7 Å². The molecule has 2 aromatic rings. The lowest BCUT2D eigenvalue weighted by atomic mass is 9.97. The smallest absolute Gasteiger partial charge is 0.249 e. The Kier molecular flexibility index (Phi) is 2.52. The fourth-order valence-electron chi connectivity index (χ4n) is 2.16. The minimum Gasteiger partial charge on any atom is -0.421 e. The van der Waals surface area contributed by atoms with Crippen molar-refractivity contribution in [1.82, 2.24) is 10.2 Å². The maximum atomic E-state index is 6.25. The normalized spacial score (nSPS) is 14.2. The van der Waals surface area contributed by atoms with Crippen molar-refractivity contribution >= 4 is 17.3 Å². The lowest BCUT2D eigenvalue weighted by Gasteiger charge is -2.20. The maximum absolute atomic E-state index is 6.25. The van der Waals surface area contributed by atoms with Gasteiger partial charge in [-0.2, -0.15) is 0 Å². The summed E-state index contributed by atoms with van der Waals surface area (Å²) in [5, 5.41) is 11.9. The Bertz CT molecular complexity index is 565. The molecule has 0 atom stereocenters. The molecule has 1 N–H and O–H groups in total. The van der Waals surface area contributed by atoms with E-state index in [0.717, 1.165) is 30.6 Å². The van der Waals surface area contributed by atoms with Crippen molar-refractivity contribution < 1.29 is 4.42 Å². The first-order valence-corrected chi connectivity index (χ1v) is 5.99. The molecule has 88 valence electrons. The minimum absolute atomic E-state index is 0.507. The Labute approximate surface area is 104 Å². The van der Waals surface area contributed by atoms with Gasteiger partial charge in [0.15, 0.2) is 0 Å². The van der Waals surface area contributed by atoms with Crippen molar-refractivity contribution in [3.05, 3.63) is 28.6 Å². The summed E-state index contributed by atoms with van der Waals surface area (Å²) in [6.45, 7) is 2.77. The molecule has 2 heterocycles. The quantitative estimate of drug-likeness (QED) is 0.844. The van der Waals surface area contributed by atoms with Crippen LogP contribution in [-0.2, 0) is 6.42 Å². The summed E-state index contributed by atoms with van der Waals surface area (Å²) in [6, 6.07) is 3.87. The molecule has 0 saturated carbocycles. The SMILES string of the molecule is Cc1nnc(-c2c(Cl)ccc3c2CCCN3)o1. The second-order valence-electron chi connectivity index (χ2n) is 4.11. The van der Waals surface area contributed by atoms with Gasteiger partial charge in [0.05, 0.1) is 10.6 Å². The van der Waals surface area contributed by atoms with E-state index >= 15 is 0 Å². The zero-order chi connectivity index (χ0) is 11.8. The van der Waals surface area contributed by atoms with E-state index in [0.29, 0.717) is 16.8 Å². The van der Waals surface area contributed by atoms with E-state index < -0.39 is 0 Å². The first-order chi connectivity index (χ1) is 8.25. The lowest BCUT2D eigenvalue weighted by Crippen LogP contribution is -2.12. The van der Waals surface area contributed by atoms with Gasteiger partial charge in [-0.25, -0.2) is 0 Å². The van der Waals surface area contributed by atoms with Gasteiger partial charge in [-0.15, -0.1) is 10.2 Å². The van der Waals surface area contributed by atoms with Crippen molar-refractivity contribution in [2.45, 2.75) is 19.8 Å². The van der Waals surface area contributed by atoms with Crippen LogP contribution in [0.2, 0.25) is 5.02 Å². The highest BCUT2D eigenvalue weighted by atomic mass is 35.5. The van der Waals surface area contributed by atoms with Gasteiger partial charge in [-0.3, -0.25) is 0 Å². The number of anilines is 1. The molecule has 1 aliphatic heterocycles. The van der Waals surface area contributed by atoms with E-state index in [2.05, 4.69) is 15.5 Å². The van der Waals surface area contributed by atoms with Crippen molar-refractivity contribution in [3.8, 4) is 11.5 Å². The van der Waals surface area contributed by atoms with Crippen LogP contribution in [0.4, 0.5) is 5.69 Å². The zero-order valence-corrected chi connectivity index (χ0v) is 10.2. The molecule has 17 heavy (non-hydrogen) atoms. The lowest BCUT2D eigenvalue weighted by molar-refractivity contribution is 0.532. The van der Waals surface area contributed by atoms with E-state index in [1.165, 1.54) is 5.56 Å². The summed E-state index contributed by atoms with van der Waals surface area (Å²) in [7, 11) is 0. The second-order valence-corrected chi connectivity index (χ2v) is 4.51. The number of aryl methyl sites for hydroxylation is 1. The molecule has 1 aliphatic rings. The standard InChI is InChI=1S/C12H12ClN3O/c1-7-15-16-12(17-7)11-8-3-2-6-14-10(8)5-4-9(11)13/h4-5,14H,2-3,6H2,1H3. The Morgan fingerprint density at radius 1 is 1.35 bits per heavy atom. The van der Waals surface area contributed by atoms with Crippen molar-refractivity contribution in [2.24, 2.45) is 0 Å². The Morgan fingerprint density at radius 3 is 3.00 bits per heavy atom. The Morgan fingerprint density at radius 2 is 2.24 bits per heavy atom. The number of nitrogens with zero attached hydrogens (tertiary/aromatic N) is 2. The monoisotopic (exact) mass is 249 g/mol. The molecule has 3 rings (SSSR count). The van der Waals surface area contributed by atoms with Crippen LogP contribution in [0, 0.1) is 6.92 Å². The molecule has 0 amide bonds. The Balaban J connectivity index is 2.20. The van der Waals surface area contributed by atoms with Gasteiger partial charge in [0.1, 0.15) is 0 Å². The molecule has 1 aromatic heterocycles. The highest BCUT2D eigenvalue weighted by Gasteiger charge is 2.20. The molecule has 0 bridgehead atoms. The number of hydrogen-bond donors (Lipinski definition) is 1. The third-order valence-electron chi connectivity index (χ3n) is 2.92. The van der Waals surface area contributed by atoms with Crippen LogP contribution in [0.5, 0.6) is 0 Å². The molecule has 0 radical (unpaired) electrons. The first-order valence-electron chi connectivity index (χ1n) is 5.61. The number of aromatic nitrogens is 2. The number of fused-ring (bicyclic) bond motifs is 1. The summed E-state index contributed by atoms with van der Waals surface area (Å²) >= 11 is 6.25. The van der Waals surface area contributed by atoms with Crippen molar-refractivity contribution in [2.75, 3.05) is 11.9 Å². The number of halogens is 1. The first kappa shape index (κ1) is 10.6. The van der Waals surface area contributed by atoms with E-state index in [9.17, 15) is 0 Å². The highest BCUT2D eigenvalue weighted by Crippen LogP contribution is 2.37. The average molecular weight is 250 g/mol. The van der Waals surface area contributed by atoms with Crippen LogP contribution in [0.15, 0.2) is 16.5 Å². The molecule has 0 fully saturated rings. The number of nitrogens with one attached hydrogen (secondary N) is 1. The molecule has 0 aliphatic carbocycles. The number of hydrogen-bond acceptors (Lipinski definition) is 4. The van der Waals surface area contributed by atoms with E-state index in [1.807, 2.05) is 12.1 Å². The number of benzene rings is 1. The molecular weight excluding hydrogens is 238 g/mol. The summed E-state index contributed by atoms with van der Waals surface area (Å²) < 4.78 is 5.48. The van der Waals surface area contributed by atoms with E-state index in [4.69, 9.17) is 16.0 Å². The van der Waals surface area contributed by atoms with Gasteiger partial charge >= 0.3 is 0 Å². The van der Waals surface area contributed by atoms with Gasteiger partial charge in [0.25, 0.3) is 0 Å². The Hall–Kier alpha value is -1.55. The van der Waals surface area contributed by atoms with Gasteiger partial charge in [-0.1, -0.05) is 11.6 Å². The molecule has 1 aromatic carbocycles. The van der Waals surface area contributed by atoms with E-state index in [1.54, 1.807) is 6.92 Å². The predicted octanol–water partition coefficient (Wildman–Crippen LogP) is 3.06. The molecule has 0 spiro atoms. The number of rotatable bonds is 1. The molecule has 5 heteroatoms. The van der Waals surface area contributed by atoms with Crippen LogP contribution in [0.3, 0.4) is 0 Å². The maximum Gasteiger partial charge on any atom is 0.249 e. The van der Waals surface area contributed by atoms with Crippen LogP contribution < -0.4 is 5.32 Å². The third-order valence-corrected chi connectivity index (χ3v) is 3.24. The molecular formula is C12H12ClN3O. The molecule has 0 unspecified atom stereocenters. The van der Waals surface area contributed by atoms with E-state index in [-0.39, 0.29) is 0 Å². The van der Waals surface area contributed by atoms with Crippen molar-refractivity contribution in [3.63, 3.8) is 0 Å². The summed E-state index contributed by atoms with van der Waals surface area (Å²) in [4.78, 5) is 0. The second kappa shape index (κ2) is 4.04. The molecule has 4 nitrogen and oxygen atoms in total. The zero-order valence-electron chi connectivity index (χ0n) is 9.46. The largest absolute Gasteiger partial charge is 0.421 e. The van der Waals surface area contributed by atoms with Gasteiger partial charge in [0.2, 0.25) is 11.8 Å². The summed E-state index contributed by atoms with van der Waals surface area (Å²) in [5.74, 6) is 1.06. The molecule has 0 saturated heterocycles.